The van der Waals surface area contributed by atoms with Crippen molar-refractivity contribution in [2.75, 3.05) is 0 Å². The molecule has 0 radical (unpaired) electrons. The highest BCUT2D eigenvalue weighted by Gasteiger charge is 2.15. The Labute approximate surface area is 111 Å². The van der Waals surface area contributed by atoms with E-state index in [9.17, 15) is 9.90 Å². The van der Waals surface area contributed by atoms with Crippen molar-refractivity contribution >= 4 is 45.1 Å². The highest BCUT2D eigenvalue weighted by atomic mass is 35.5. The molecular formula is C13H6Cl2O3. The van der Waals surface area contributed by atoms with Gasteiger partial charge < -0.3 is 9.52 Å². The summed E-state index contributed by atoms with van der Waals surface area (Å²) < 4.78 is 5.54. The summed E-state index contributed by atoms with van der Waals surface area (Å²) in [6.07, 6.45) is 0. The monoisotopic (exact) mass is 280 g/mol. The Bertz CT molecular complexity index is 837. The number of phenols is 1. The average Bonchev–Trinajstić information content (AvgIpc) is 2.38. The fourth-order valence-electron chi connectivity index (χ4n) is 1.86. The predicted octanol–water partition coefficient (Wildman–Crippen LogP) is 3.96. The molecule has 0 spiro atoms. The molecule has 0 unspecified atom stereocenters. The third kappa shape index (κ3) is 1.48. The standard InChI is InChI=1S/C13H6Cl2O3/c14-8-5-7-11(16)6-3-1-2-4-9(6)18-13(7)10(15)12(8)17/h1-5,17H. The van der Waals surface area contributed by atoms with Crippen molar-refractivity contribution in [3.63, 3.8) is 0 Å². The molecule has 2 aromatic carbocycles. The first-order chi connectivity index (χ1) is 8.59. The molecule has 0 aliphatic carbocycles. The fourth-order valence-corrected chi connectivity index (χ4v) is 2.35. The van der Waals surface area contributed by atoms with Gasteiger partial charge in [-0.25, -0.2) is 0 Å². The van der Waals surface area contributed by atoms with Crippen LogP contribution in [-0.2, 0) is 0 Å². The van der Waals surface area contributed by atoms with Crippen molar-refractivity contribution in [2.45, 2.75) is 0 Å². The number of aromatic hydroxyl groups is 1. The second-order valence-corrected chi connectivity index (χ2v) is 4.61. The number of rotatable bonds is 0. The van der Waals surface area contributed by atoms with Crippen LogP contribution in [0.2, 0.25) is 10.0 Å². The van der Waals surface area contributed by atoms with Gasteiger partial charge in [-0.15, -0.1) is 0 Å². The molecule has 0 saturated carbocycles. The second kappa shape index (κ2) is 3.90. The lowest BCUT2D eigenvalue weighted by molar-refractivity contribution is 0.475. The molecule has 90 valence electrons. The molecule has 0 aliphatic rings. The number of halogens is 2. The maximum Gasteiger partial charge on any atom is 0.200 e. The van der Waals surface area contributed by atoms with Gasteiger partial charge >= 0.3 is 0 Å². The molecule has 1 N–H and O–H groups in total. The minimum absolute atomic E-state index is 0.0232. The van der Waals surface area contributed by atoms with Gasteiger partial charge in [0.25, 0.3) is 0 Å². The molecule has 5 heteroatoms. The summed E-state index contributed by atoms with van der Waals surface area (Å²) in [6, 6.07) is 8.18. The fraction of sp³-hybridized carbons (Fsp3) is 0. The first-order valence-corrected chi connectivity index (χ1v) is 5.87. The van der Waals surface area contributed by atoms with Crippen LogP contribution in [-0.4, -0.2) is 5.11 Å². The van der Waals surface area contributed by atoms with Crippen LogP contribution in [0.5, 0.6) is 5.75 Å². The topological polar surface area (TPSA) is 50.4 Å². The Morgan fingerprint density at radius 1 is 1.11 bits per heavy atom. The zero-order valence-electron chi connectivity index (χ0n) is 8.91. The van der Waals surface area contributed by atoms with E-state index in [2.05, 4.69) is 0 Å². The van der Waals surface area contributed by atoms with Crippen molar-refractivity contribution < 1.29 is 9.52 Å². The highest BCUT2D eigenvalue weighted by molar-refractivity contribution is 6.40. The van der Waals surface area contributed by atoms with Crippen LogP contribution in [0.25, 0.3) is 21.9 Å². The Balaban J connectivity index is 2.65. The van der Waals surface area contributed by atoms with Crippen LogP contribution in [0.3, 0.4) is 0 Å². The van der Waals surface area contributed by atoms with E-state index in [1.807, 2.05) is 0 Å². The van der Waals surface area contributed by atoms with Crippen LogP contribution in [0, 0.1) is 0 Å². The van der Waals surface area contributed by atoms with E-state index in [0.717, 1.165) is 0 Å². The van der Waals surface area contributed by atoms with E-state index in [4.69, 9.17) is 27.6 Å². The molecular weight excluding hydrogens is 275 g/mol. The third-order valence-electron chi connectivity index (χ3n) is 2.74. The van der Waals surface area contributed by atoms with E-state index < -0.39 is 0 Å². The van der Waals surface area contributed by atoms with Gasteiger partial charge in [0.15, 0.2) is 11.3 Å². The summed E-state index contributed by atoms with van der Waals surface area (Å²) in [5, 5.41) is 10.3. The van der Waals surface area contributed by atoms with Gasteiger partial charge in [-0.05, 0) is 18.2 Å². The van der Waals surface area contributed by atoms with Crippen molar-refractivity contribution in [3.8, 4) is 5.75 Å². The largest absolute Gasteiger partial charge is 0.505 e. The molecule has 0 aliphatic heterocycles. The maximum absolute atomic E-state index is 12.2. The zero-order chi connectivity index (χ0) is 12.9. The van der Waals surface area contributed by atoms with Crippen molar-refractivity contribution in [3.05, 3.63) is 50.6 Å². The smallest absolute Gasteiger partial charge is 0.200 e. The summed E-state index contributed by atoms with van der Waals surface area (Å²) in [4.78, 5) is 12.2. The van der Waals surface area contributed by atoms with Crippen LogP contribution < -0.4 is 5.43 Å². The van der Waals surface area contributed by atoms with Crippen LogP contribution in [0.4, 0.5) is 0 Å². The average molecular weight is 281 g/mol. The van der Waals surface area contributed by atoms with E-state index >= 15 is 0 Å². The summed E-state index contributed by atoms with van der Waals surface area (Å²) in [6.45, 7) is 0. The van der Waals surface area contributed by atoms with Gasteiger partial charge in [0, 0.05) is 0 Å². The number of hydrogen-bond acceptors (Lipinski definition) is 3. The molecule has 3 rings (SSSR count). The summed E-state index contributed by atoms with van der Waals surface area (Å²) in [5.74, 6) is -0.288. The Morgan fingerprint density at radius 3 is 2.61 bits per heavy atom. The normalized spacial score (nSPS) is 11.2. The SMILES string of the molecule is O=c1c2ccccc2oc2c(Cl)c(O)c(Cl)cc12. The molecule has 0 saturated heterocycles. The lowest BCUT2D eigenvalue weighted by Crippen LogP contribution is -2.02. The first kappa shape index (κ1) is 11.4. The molecule has 0 amide bonds. The predicted molar refractivity (Wildman–Crippen MR) is 71.7 cm³/mol. The molecule has 18 heavy (non-hydrogen) atoms. The van der Waals surface area contributed by atoms with Gasteiger partial charge in [0.1, 0.15) is 10.6 Å². The molecule has 0 fully saturated rings. The molecule has 3 aromatic rings. The lowest BCUT2D eigenvalue weighted by atomic mass is 10.1. The number of phenolic OH excluding ortho intramolecular Hbond substituents is 1. The van der Waals surface area contributed by atoms with Crippen LogP contribution in [0.1, 0.15) is 0 Å². The van der Waals surface area contributed by atoms with Gasteiger partial charge in [-0.2, -0.15) is 0 Å². The number of hydrogen-bond donors (Lipinski definition) is 1. The second-order valence-electron chi connectivity index (χ2n) is 3.83. The summed E-state index contributed by atoms with van der Waals surface area (Å²) in [5.41, 5.74) is 0.330. The third-order valence-corrected chi connectivity index (χ3v) is 3.38. The molecule has 0 bridgehead atoms. The number of benzene rings is 2. The lowest BCUT2D eigenvalue weighted by Gasteiger charge is -2.05. The van der Waals surface area contributed by atoms with Crippen LogP contribution >= 0.6 is 23.2 Å². The molecule has 1 heterocycles. The van der Waals surface area contributed by atoms with Gasteiger partial charge in [0.2, 0.25) is 5.43 Å². The zero-order valence-corrected chi connectivity index (χ0v) is 10.4. The minimum Gasteiger partial charge on any atom is -0.505 e. The van der Waals surface area contributed by atoms with E-state index in [1.165, 1.54) is 6.07 Å². The molecule has 0 atom stereocenters. The van der Waals surface area contributed by atoms with Gasteiger partial charge in [-0.1, -0.05) is 35.3 Å². The van der Waals surface area contributed by atoms with E-state index in [-0.39, 0.29) is 32.2 Å². The van der Waals surface area contributed by atoms with Crippen LogP contribution in [0.15, 0.2) is 39.5 Å². The van der Waals surface area contributed by atoms with Gasteiger partial charge in [-0.3, -0.25) is 4.79 Å². The highest BCUT2D eigenvalue weighted by Crippen LogP contribution is 2.38. The van der Waals surface area contributed by atoms with Crippen molar-refractivity contribution in [1.29, 1.82) is 0 Å². The van der Waals surface area contributed by atoms with E-state index in [1.54, 1.807) is 24.3 Å². The Kier molecular flexibility index (Phi) is 2.47. The van der Waals surface area contributed by atoms with Crippen molar-refractivity contribution in [2.24, 2.45) is 0 Å². The minimum atomic E-state index is -0.288. The van der Waals surface area contributed by atoms with Crippen molar-refractivity contribution in [1.82, 2.24) is 0 Å². The number of fused-ring (bicyclic) bond motifs is 2. The molecule has 1 aromatic heterocycles. The first-order valence-electron chi connectivity index (χ1n) is 5.12. The number of para-hydroxylation sites is 1. The van der Waals surface area contributed by atoms with Gasteiger partial charge in [0.05, 0.1) is 15.8 Å². The summed E-state index contributed by atoms with van der Waals surface area (Å²) >= 11 is 11.7. The Hall–Kier alpha value is -1.71. The summed E-state index contributed by atoms with van der Waals surface area (Å²) in [7, 11) is 0. The molecule has 3 nitrogen and oxygen atoms in total. The quantitative estimate of drug-likeness (QED) is 0.634. The van der Waals surface area contributed by atoms with E-state index in [0.29, 0.717) is 11.0 Å². The maximum atomic E-state index is 12.2. The Morgan fingerprint density at radius 2 is 1.83 bits per heavy atom.